The van der Waals surface area contributed by atoms with Gasteiger partial charge in [0, 0.05) is 12.6 Å². The summed E-state index contributed by atoms with van der Waals surface area (Å²) in [6.07, 6.45) is 11.2. The Morgan fingerprint density at radius 1 is 1.05 bits per heavy atom. The third-order valence-corrected chi connectivity index (χ3v) is 5.54. The van der Waals surface area contributed by atoms with Crippen molar-refractivity contribution < 1.29 is 0 Å². The summed E-state index contributed by atoms with van der Waals surface area (Å²) in [7, 11) is 0. The second-order valence-electron chi connectivity index (χ2n) is 6.88. The molecule has 1 nitrogen and oxygen atoms in total. The predicted molar refractivity (Wildman–Crippen MR) is 86.2 cm³/mol. The molecule has 2 unspecified atom stereocenters. The molecule has 0 heterocycles. The van der Waals surface area contributed by atoms with Crippen LogP contribution in [0, 0.1) is 5.92 Å². The quantitative estimate of drug-likeness (QED) is 0.839. The first-order valence-electron chi connectivity index (χ1n) is 8.66. The molecule has 2 aliphatic carbocycles. The zero-order chi connectivity index (χ0) is 13.8. The van der Waals surface area contributed by atoms with Crippen molar-refractivity contribution in [2.75, 3.05) is 6.54 Å². The van der Waals surface area contributed by atoms with Crippen LogP contribution in [0.3, 0.4) is 0 Å². The third kappa shape index (κ3) is 3.25. The third-order valence-electron chi connectivity index (χ3n) is 5.54. The Hall–Kier alpha value is -0.820. The molecular weight excluding hydrogens is 242 g/mol. The number of fused-ring (bicyclic) bond motifs is 1. The maximum atomic E-state index is 3.86. The van der Waals surface area contributed by atoms with Gasteiger partial charge in [-0.15, -0.1) is 0 Å². The molecule has 20 heavy (non-hydrogen) atoms. The lowest BCUT2D eigenvalue weighted by Crippen LogP contribution is -2.37. The summed E-state index contributed by atoms with van der Waals surface area (Å²) < 4.78 is 0. The maximum Gasteiger partial charge on any atom is 0.00672 e. The Bertz CT molecular complexity index is 420. The highest BCUT2D eigenvalue weighted by molar-refractivity contribution is 5.32. The molecule has 1 N–H and O–H groups in total. The van der Waals surface area contributed by atoms with Gasteiger partial charge in [-0.1, -0.05) is 43.5 Å². The van der Waals surface area contributed by atoms with Gasteiger partial charge in [0.1, 0.15) is 0 Å². The molecular formula is C19H29N. The SMILES string of the molecule is CC(NCC1CCCc2ccccc21)C1CCCCC1. The number of rotatable bonds is 4. The van der Waals surface area contributed by atoms with Crippen LogP contribution in [0.5, 0.6) is 0 Å². The van der Waals surface area contributed by atoms with E-state index in [1.54, 1.807) is 11.1 Å². The minimum atomic E-state index is 0.699. The van der Waals surface area contributed by atoms with Crippen molar-refractivity contribution in [2.45, 2.75) is 70.3 Å². The fraction of sp³-hybridized carbons (Fsp3) is 0.684. The number of benzene rings is 1. The molecule has 0 saturated heterocycles. The van der Waals surface area contributed by atoms with E-state index >= 15 is 0 Å². The molecule has 1 saturated carbocycles. The number of aryl methyl sites for hydroxylation is 1. The summed E-state index contributed by atoms with van der Waals surface area (Å²) in [5.74, 6) is 1.66. The Morgan fingerprint density at radius 2 is 1.85 bits per heavy atom. The monoisotopic (exact) mass is 271 g/mol. The minimum Gasteiger partial charge on any atom is -0.313 e. The van der Waals surface area contributed by atoms with E-state index in [1.807, 2.05) is 0 Å². The van der Waals surface area contributed by atoms with E-state index in [0.29, 0.717) is 6.04 Å². The molecule has 0 spiro atoms. The normalized spacial score (nSPS) is 25.1. The summed E-state index contributed by atoms with van der Waals surface area (Å²) in [6.45, 7) is 3.58. The predicted octanol–water partition coefficient (Wildman–Crippen LogP) is 4.66. The van der Waals surface area contributed by atoms with Gasteiger partial charge in [0.2, 0.25) is 0 Å². The van der Waals surface area contributed by atoms with Crippen molar-refractivity contribution in [1.82, 2.24) is 5.32 Å². The second-order valence-corrected chi connectivity index (χ2v) is 6.88. The first kappa shape index (κ1) is 14.1. The van der Waals surface area contributed by atoms with Gasteiger partial charge in [-0.3, -0.25) is 0 Å². The van der Waals surface area contributed by atoms with Crippen molar-refractivity contribution in [3.8, 4) is 0 Å². The number of hydrogen-bond acceptors (Lipinski definition) is 1. The summed E-state index contributed by atoms with van der Waals surface area (Å²) >= 11 is 0. The number of hydrogen-bond donors (Lipinski definition) is 1. The van der Waals surface area contributed by atoms with Crippen LogP contribution in [0.2, 0.25) is 0 Å². The van der Waals surface area contributed by atoms with Gasteiger partial charge >= 0.3 is 0 Å². The van der Waals surface area contributed by atoms with Crippen LogP contribution in [-0.4, -0.2) is 12.6 Å². The van der Waals surface area contributed by atoms with Crippen LogP contribution < -0.4 is 5.32 Å². The van der Waals surface area contributed by atoms with Crippen LogP contribution in [0.25, 0.3) is 0 Å². The standard InChI is InChI=1S/C19H29N/c1-15(16-8-3-2-4-9-16)20-14-18-12-7-11-17-10-5-6-13-19(17)18/h5-6,10,13,15-16,18,20H,2-4,7-9,11-12,14H2,1H3. The van der Waals surface area contributed by atoms with Crippen LogP contribution >= 0.6 is 0 Å². The second kappa shape index (κ2) is 6.76. The van der Waals surface area contributed by atoms with Crippen LogP contribution in [0.4, 0.5) is 0 Å². The van der Waals surface area contributed by atoms with Crippen LogP contribution in [0.1, 0.15) is 68.9 Å². The first-order chi connectivity index (χ1) is 9.84. The lowest BCUT2D eigenvalue weighted by Gasteiger charge is -2.31. The highest BCUT2D eigenvalue weighted by atomic mass is 14.9. The number of nitrogens with one attached hydrogen (secondary N) is 1. The van der Waals surface area contributed by atoms with Crippen LogP contribution in [0.15, 0.2) is 24.3 Å². The largest absolute Gasteiger partial charge is 0.313 e. The molecule has 110 valence electrons. The van der Waals surface area contributed by atoms with E-state index in [1.165, 1.54) is 57.9 Å². The molecule has 2 atom stereocenters. The van der Waals surface area contributed by atoms with Gasteiger partial charge in [0.15, 0.2) is 0 Å². The topological polar surface area (TPSA) is 12.0 Å². The highest BCUT2D eigenvalue weighted by Gasteiger charge is 2.23. The van der Waals surface area contributed by atoms with Gasteiger partial charge < -0.3 is 5.32 Å². The Kier molecular flexibility index (Phi) is 4.77. The van der Waals surface area contributed by atoms with Gasteiger partial charge in [-0.25, -0.2) is 0 Å². The van der Waals surface area contributed by atoms with E-state index in [2.05, 4.69) is 36.5 Å². The van der Waals surface area contributed by atoms with E-state index < -0.39 is 0 Å². The Labute approximate surface area is 124 Å². The highest BCUT2D eigenvalue weighted by Crippen LogP contribution is 2.32. The summed E-state index contributed by atoms with van der Waals surface area (Å²) in [5, 5.41) is 3.86. The van der Waals surface area contributed by atoms with Crippen molar-refractivity contribution in [3.05, 3.63) is 35.4 Å². The van der Waals surface area contributed by atoms with Crippen LogP contribution in [-0.2, 0) is 6.42 Å². The fourth-order valence-corrected chi connectivity index (χ4v) is 4.20. The molecule has 2 aliphatic rings. The molecule has 0 aromatic heterocycles. The first-order valence-corrected chi connectivity index (χ1v) is 8.66. The lowest BCUT2D eigenvalue weighted by atomic mass is 9.81. The molecule has 1 aromatic rings. The molecule has 0 radical (unpaired) electrons. The molecule has 0 amide bonds. The zero-order valence-electron chi connectivity index (χ0n) is 12.9. The van der Waals surface area contributed by atoms with Crippen molar-refractivity contribution in [2.24, 2.45) is 5.92 Å². The van der Waals surface area contributed by atoms with Gasteiger partial charge in [0.05, 0.1) is 0 Å². The van der Waals surface area contributed by atoms with E-state index in [4.69, 9.17) is 0 Å². The van der Waals surface area contributed by atoms with E-state index in [9.17, 15) is 0 Å². The Balaban J connectivity index is 1.56. The van der Waals surface area contributed by atoms with E-state index in [-0.39, 0.29) is 0 Å². The average Bonchev–Trinajstić information content (AvgIpc) is 2.53. The molecule has 0 aliphatic heterocycles. The molecule has 1 heteroatoms. The molecule has 0 bridgehead atoms. The molecule has 1 fully saturated rings. The summed E-state index contributed by atoms with van der Waals surface area (Å²) in [4.78, 5) is 0. The summed E-state index contributed by atoms with van der Waals surface area (Å²) in [5.41, 5.74) is 3.21. The molecule has 1 aromatic carbocycles. The minimum absolute atomic E-state index is 0.699. The molecule has 3 rings (SSSR count). The maximum absolute atomic E-state index is 3.86. The average molecular weight is 271 g/mol. The lowest BCUT2D eigenvalue weighted by molar-refractivity contribution is 0.276. The van der Waals surface area contributed by atoms with Gasteiger partial charge in [-0.2, -0.15) is 0 Å². The van der Waals surface area contributed by atoms with E-state index in [0.717, 1.165) is 11.8 Å². The summed E-state index contributed by atoms with van der Waals surface area (Å²) in [6, 6.07) is 9.78. The van der Waals surface area contributed by atoms with Crippen molar-refractivity contribution in [3.63, 3.8) is 0 Å². The smallest absolute Gasteiger partial charge is 0.00672 e. The van der Waals surface area contributed by atoms with Crippen molar-refractivity contribution in [1.29, 1.82) is 0 Å². The van der Waals surface area contributed by atoms with Gasteiger partial charge in [0.25, 0.3) is 0 Å². The fourth-order valence-electron chi connectivity index (χ4n) is 4.20. The zero-order valence-corrected chi connectivity index (χ0v) is 12.9. The Morgan fingerprint density at radius 3 is 2.70 bits per heavy atom. The van der Waals surface area contributed by atoms with Crippen molar-refractivity contribution >= 4 is 0 Å². The van der Waals surface area contributed by atoms with Gasteiger partial charge in [-0.05, 0) is 62.0 Å².